The molecule has 0 radical (unpaired) electrons. The van der Waals surface area contributed by atoms with Crippen molar-refractivity contribution in [1.29, 1.82) is 0 Å². The van der Waals surface area contributed by atoms with Crippen LogP contribution in [0.5, 0.6) is 17.2 Å². The van der Waals surface area contributed by atoms with Gasteiger partial charge < -0.3 is 19.3 Å². The van der Waals surface area contributed by atoms with Crippen LogP contribution in [0, 0.1) is 0 Å². The van der Waals surface area contributed by atoms with Gasteiger partial charge in [0.05, 0.1) is 18.7 Å². The molecule has 178 valence electrons. The molecule has 2 aliphatic rings. The van der Waals surface area contributed by atoms with E-state index in [9.17, 15) is 14.7 Å². The zero-order valence-electron chi connectivity index (χ0n) is 19.5. The molecule has 7 heteroatoms. The molecule has 1 fully saturated rings. The lowest BCUT2D eigenvalue weighted by atomic mass is 9.94. The van der Waals surface area contributed by atoms with Gasteiger partial charge in [-0.1, -0.05) is 37.3 Å². The first-order valence-corrected chi connectivity index (χ1v) is 11.5. The first kappa shape index (κ1) is 22.5. The molecule has 1 N–H and O–H groups in total. The minimum absolute atomic E-state index is 0.0178. The Morgan fingerprint density at radius 2 is 1.71 bits per heavy atom. The fraction of sp³-hybridized carbons (Fsp3) is 0.214. The molecule has 7 nitrogen and oxygen atoms in total. The highest BCUT2D eigenvalue weighted by atomic mass is 16.6. The number of nitrogens with zero attached hydrogens (tertiary/aromatic N) is 1. The third-order valence-electron chi connectivity index (χ3n) is 6.32. The van der Waals surface area contributed by atoms with E-state index in [0.717, 1.165) is 12.0 Å². The predicted molar refractivity (Wildman–Crippen MR) is 131 cm³/mol. The first-order valence-electron chi connectivity index (χ1n) is 11.5. The average molecular weight is 472 g/mol. The number of hydrogen-bond donors (Lipinski definition) is 1. The number of aryl methyl sites for hydroxylation is 1. The zero-order valence-corrected chi connectivity index (χ0v) is 19.5. The molecule has 0 aliphatic carbocycles. The van der Waals surface area contributed by atoms with E-state index in [0.29, 0.717) is 47.3 Å². The molecular formula is C28H25NO6. The van der Waals surface area contributed by atoms with E-state index in [1.165, 1.54) is 12.0 Å². The molecule has 1 amide bonds. The average Bonchev–Trinajstić information content (AvgIpc) is 3.17. The monoisotopic (exact) mass is 471 g/mol. The van der Waals surface area contributed by atoms with Gasteiger partial charge in [-0.25, -0.2) is 0 Å². The summed E-state index contributed by atoms with van der Waals surface area (Å²) in [7, 11) is 1.53. The lowest BCUT2D eigenvalue weighted by Crippen LogP contribution is -2.29. The molecule has 1 atom stereocenters. The van der Waals surface area contributed by atoms with E-state index >= 15 is 0 Å². The minimum Gasteiger partial charge on any atom is -0.507 e. The fourth-order valence-electron chi connectivity index (χ4n) is 4.52. The minimum atomic E-state index is -0.883. The zero-order chi connectivity index (χ0) is 24.5. The van der Waals surface area contributed by atoms with Crippen molar-refractivity contribution in [3.05, 3.63) is 89.0 Å². The number of para-hydroxylation sites is 1. The van der Waals surface area contributed by atoms with Gasteiger partial charge in [-0.15, -0.1) is 0 Å². The highest BCUT2D eigenvalue weighted by Gasteiger charge is 2.48. The maximum Gasteiger partial charge on any atom is 0.300 e. The number of aliphatic hydroxyl groups is 1. The van der Waals surface area contributed by atoms with Crippen LogP contribution in [0.2, 0.25) is 0 Å². The summed E-state index contributed by atoms with van der Waals surface area (Å²) >= 11 is 0. The number of hydrogen-bond acceptors (Lipinski definition) is 6. The maximum absolute atomic E-state index is 13.4. The van der Waals surface area contributed by atoms with Gasteiger partial charge >= 0.3 is 0 Å². The summed E-state index contributed by atoms with van der Waals surface area (Å²) in [6.45, 7) is 2.87. The number of fused-ring (bicyclic) bond motifs is 1. The number of anilines is 1. The van der Waals surface area contributed by atoms with Crippen molar-refractivity contribution in [2.75, 3.05) is 25.2 Å². The summed E-state index contributed by atoms with van der Waals surface area (Å²) < 4.78 is 16.8. The van der Waals surface area contributed by atoms with Crippen molar-refractivity contribution in [3.8, 4) is 17.2 Å². The Balaban J connectivity index is 1.70. The number of aliphatic hydroxyl groups excluding tert-OH is 1. The second-order valence-corrected chi connectivity index (χ2v) is 8.29. The third-order valence-corrected chi connectivity index (χ3v) is 6.32. The summed E-state index contributed by atoms with van der Waals surface area (Å²) in [6.07, 6.45) is 0.846. The van der Waals surface area contributed by atoms with Crippen molar-refractivity contribution in [3.63, 3.8) is 0 Å². The van der Waals surface area contributed by atoms with Crippen molar-refractivity contribution in [2.24, 2.45) is 0 Å². The van der Waals surface area contributed by atoms with Gasteiger partial charge in [0.25, 0.3) is 11.7 Å². The van der Waals surface area contributed by atoms with Crippen molar-refractivity contribution in [1.82, 2.24) is 0 Å². The van der Waals surface area contributed by atoms with Crippen LogP contribution in [0.4, 0.5) is 5.69 Å². The lowest BCUT2D eigenvalue weighted by molar-refractivity contribution is -0.132. The molecule has 35 heavy (non-hydrogen) atoms. The van der Waals surface area contributed by atoms with Gasteiger partial charge in [-0.3, -0.25) is 14.5 Å². The lowest BCUT2D eigenvalue weighted by Gasteiger charge is -2.27. The number of ketones is 1. The topological polar surface area (TPSA) is 85.3 Å². The van der Waals surface area contributed by atoms with Crippen LogP contribution >= 0.6 is 0 Å². The molecule has 0 bridgehead atoms. The highest BCUT2D eigenvalue weighted by molar-refractivity contribution is 6.51. The van der Waals surface area contributed by atoms with Crippen LogP contribution in [0.25, 0.3) is 5.76 Å². The van der Waals surface area contributed by atoms with Gasteiger partial charge in [0.2, 0.25) is 0 Å². The van der Waals surface area contributed by atoms with E-state index in [-0.39, 0.29) is 11.3 Å². The second kappa shape index (κ2) is 9.18. The van der Waals surface area contributed by atoms with Crippen LogP contribution < -0.4 is 19.1 Å². The van der Waals surface area contributed by atoms with E-state index in [1.807, 2.05) is 43.3 Å². The molecular weight excluding hydrogens is 446 g/mol. The molecule has 5 rings (SSSR count). The van der Waals surface area contributed by atoms with Crippen molar-refractivity contribution >= 4 is 23.1 Å². The second-order valence-electron chi connectivity index (χ2n) is 8.29. The molecule has 2 heterocycles. The molecule has 1 saturated heterocycles. The first-order chi connectivity index (χ1) is 17.0. The molecule has 3 aromatic carbocycles. The summed E-state index contributed by atoms with van der Waals surface area (Å²) in [6, 6.07) is 18.7. The van der Waals surface area contributed by atoms with Crippen molar-refractivity contribution < 1.29 is 28.9 Å². The molecule has 1 unspecified atom stereocenters. The smallest absolute Gasteiger partial charge is 0.300 e. The Bertz CT molecular complexity index is 1330. The summed E-state index contributed by atoms with van der Waals surface area (Å²) in [5.74, 6) is -0.243. The van der Waals surface area contributed by atoms with Gasteiger partial charge in [0, 0.05) is 16.8 Å². The summed E-state index contributed by atoms with van der Waals surface area (Å²) in [5, 5.41) is 11.4. The van der Waals surface area contributed by atoms with E-state index < -0.39 is 17.7 Å². The molecule has 0 aromatic heterocycles. The number of benzene rings is 3. The van der Waals surface area contributed by atoms with Gasteiger partial charge in [0.1, 0.15) is 24.7 Å². The van der Waals surface area contributed by atoms with Crippen LogP contribution in [-0.2, 0) is 16.0 Å². The number of ether oxygens (including phenoxy) is 3. The summed E-state index contributed by atoms with van der Waals surface area (Å²) in [5.41, 5.74) is 2.59. The van der Waals surface area contributed by atoms with E-state index in [2.05, 4.69) is 0 Å². The predicted octanol–water partition coefficient (Wildman–Crippen LogP) is 4.66. The number of methoxy groups -OCH3 is 1. The SMILES string of the molecule is CCc1ccc(N2C(=O)C(=O)/C(=C(/O)c3ccc4c(c3)OCCO4)C2c2ccccc2OC)cc1. The van der Waals surface area contributed by atoms with Crippen LogP contribution in [-0.4, -0.2) is 37.1 Å². The normalized spacial score (nSPS) is 18.6. The Morgan fingerprint density at radius 1 is 1.00 bits per heavy atom. The Kier molecular flexibility index (Phi) is 5.91. The number of amides is 1. The quantitative estimate of drug-likeness (QED) is 0.331. The largest absolute Gasteiger partial charge is 0.507 e. The molecule has 2 aliphatic heterocycles. The maximum atomic E-state index is 13.4. The number of carbonyl (C=O) groups excluding carboxylic acids is 2. The summed E-state index contributed by atoms with van der Waals surface area (Å²) in [4.78, 5) is 28.2. The fourth-order valence-corrected chi connectivity index (χ4v) is 4.52. The molecule has 0 saturated carbocycles. The van der Waals surface area contributed by atoms with Crippen molar-refractivity contribution in [2.45, 2.75) is 19.4 Å². The Hall–Kier alpha value is -4.26. The van der Waals surface area contributed by atoms with Gasteiger partial charge in [0.15, 0.2) is 11.5 Å². The molecule has 0 spiro atoms. The number of carbonyl (C=O) groups is 2. The van der Waals surface area contributed by atoms with Crippen LogP contribution in [0.1, 0.15) is 29.7 Å². The van der Waals surface area contributed by atoms with E-state index in [1.54, 1.807) is 30.3 Å². The van der Waals surface area contributed by atoms with Crippen LogP contribution in [0.3, 0.4) is 0 Å². The third kappa shape index (κ3) is 3.89. The van der Waals surface area contributed by atoms with E-state index in [4.69, 9.17) is 14.2 Å². The number of Topliss-reactive ketones (excluding diaryl/α,β-unsaturated/α-hetero) is 1. The molecule has 3 aromatic rings. The standard InChI is InChI=1S/C28H25NO6/c1-3-17-8-11-19(12-9-17)29-25(20-6-4-5-7-21(20)33-2)24(27(31)28(29)32)26(30)18-10-13-22-23(16-18)35-15-14-34-22/h4-13,16,25,30H,3,14-15H2,1-2H3/b26-24+. The van der Waals surface area contributed by atoms with Crippen LogP contribution in [0.15, 0.2) is 72.3 Å². The highest BCUT2D eigenvalue weighted by Crippen LogP contribution is 2.45. The van der Waals surface area contributed by atoms with Gasteiger partial charge in [-0.05, 0) is 48.4 Å². The Labute approximate surface area is 203 Å². The Morgan fingerprint density at radius 3 is 2.43 bits per heavy atom. The number of rotatable bonds is 5. The van der Waals surface area contributed by atoms with Gasteiger partial charge in [-0.2, -0.15) is 0 Å².